The van der Waals surface area contributed by atoms with Crippen LogP contribution in [0.2, 0.25) is 0 Å². The molecule has 2 aliphatic heterocycles. The Morgan fingerprint density at radius 3 is 2.67 bits per heavy atom. The summed E-state index contributed by atoms with van der Waals surface area (Å²) in [6, 6.07) is 1.83. The van der Waals surface area contributed by atoms with Crippen LogP contribution in [0, 0.1) is 0 Å². The molecule has 8 nitrogen and oxygen atoms in total. The highest BCUT2D eigenvalue weighted by atomic mass is 16.5. The minimum absolute atomic E-state index is 0.0533. The first-order chi connectivity index (χ1) is 11.7. The Balaban J connectivity index is 1.55. The van der Waals surface area contributed by atoms with Gasteiger partial charge in [0.25, 0.3) is 0 Å². The first-order valence-electron chi connectivity index (χ1n) is 8.57. The number of hydrogen-bond acceptors (Lipinski definition) is 5. The van der Waals surface area contributed by atoms with Gasteiger partial charge < -0.3 is 20.3 Å². The molecule has 0 radical (unpaired) electrons. The molecule has 3 rings (SSSR count). The van der Waals surface area contributed by atoms with Crippen LogP contribution in [0.3, 0.4) is 0 Å². The number of piperidine rings is 1. The van der Waals surface area contributed by atoms with Crippen molar-refractivity contribution >= 4 is 11.8 Å². The summed E-state index contributed by atoms with van der Waals surface area (Å²) in [4.78, 5) is 26.8. The molecule has 0 unspecified atom stereocenters. The van der Waals surface area contributed by atoms with E-state index >= 15 is 0 Å². The molecule has 2 N–H and O–H groups in total. The summed E-state index contributed by atoms with van der Waals surface area (Å²) in [7, 11) is 0. The SMILES string of the molecule is O=C(CCNC(=O)C1(n2cccn2)CCNCC1)N1CCOCC1. The number of amides is 2. The molecular formula is C16H25N5O3. The van der Waals surface area contributed by atoms with Crippen LogP contribution in [0.25, 0.3) is 0 Å². The van der Waals surface area contributed by atoms with E-state index in [2.05, 4.69) is 15.7 Å². The van der Waals surface area contributed by atoms with Crippen molar-refractivity contribution in [1.82, 2.24) is 25.3 Å². The molecule has 1 aromatic rings. The normalized spacial score (nSPS) is 20.6. The monoisotopic (exact) mass is 335 g/mol. The van der Waals surface area contributed by atoms with E-state index in [-0.39, 0.29) is 11.8 Å². The van der Waals surface area contributed by atoms with Crippen LogP contribution in [0.1, 0.15) is 19.3 Å². The summed E-state index contributed by atoms with van der Waals surface area (Å²) in [6.07, 6.45) is 5.23. The highest BCUT2D eigenvalue weighted by Crippen LogP contribution is 2.27. The third kappa shape index (κ3) is 3.59. The first kappa shape index (κ1) is 16.9. The fourth-order valence-corrected chi connectivity index (χ4v) is 3.34. The summed E-state index contributed by atoms with van der Waals surface area (Å²) in [5.41, 5.74) is -0.656. The molecule has 2 saturated heterocycles. The largest absolute Gasteiger partial charge is 0.378 e. The lowest BCUT2D eigenvalue weighted by Gasteiger charge is -2.36. The number of ether oxygens (including phenoxy) is 1. The maximum Gasteiger partial charge on any atom is 0.248 e. The second-order valence-electron chi connectivity index (χ2n) is 6.23. The Hall–Kier alpha value is -1.93. The van der Waals surface area contributed by atoms with Gasteiger partial charge in [0.2, 0.25) is 11.8 Å². The van der Waals surface area contributed by atoms with Gasteiger partial charge in [0.05, 0.1) is 13.2 Å². The second kappa shape index (κ2) is 7.76. The number of rotatable bonds is 5. The standard InChI is InChI=1S/C16H25N5O3/c22-14(20-10-12-24-13-11-20)2-6-18-15(23)16(3-7-17-8-4-16)21-9-1-5-19-21/h1,5,9,17H,2-4,6-8,10-13H2,(H,18,23). The number of carbonyl (C=O) groups is 2. The van der Waals surface area contributed by atoms with Crippen molar-refractivity contribution in [2.45, 2.75) is 24.8 Å². The molecule has 0 saturated carbocycles. The van der Waals surface area contributed by atoms with E-state index in [4.69, 9.17) is 4.74 Å². The predicted octanol–water partition coefficient (Wildman–Crippen LogP) is -0.673. The lowest BCUT2D eigenvalue weighted by Crippen LogP contribution is -2.55. The van der Waals surface area contributed by atoms with Gasteiger partial charge in [-0.2, -0.15) is 5.10 Å². The van der Waals surface area contributed by atoms with Crippen molar-refractivity contribution in [3.8, 4) is 0 Å². The van der Waals surface area contributed by atoms with Crippen molar-refractivity contribution in [3.05, 3.63) is 18.5 Å². The van der Waals surface area contributed by atoms with Crippen LogP contribution >= 0.6 is 0 Å². The van der Waals surface area contributed by atoms with Gasteiger partial charge in [0, 0.05) is 38.4 Å². The van der Waals surface area contributed by atoms with Crippen LogP contribution in [0.5, 0.6) is 0 Å². The number of morpholine rings is 1. The van der Waals surface area contributed by atoms with E-state index in [1.807, 2.05) is 12.3 Å². The van der Waals surface area contributed by atoms with Crippen molar-refractivity contribution in [2.24, 2.45) is 0 Å². The Morgan fingerprint density at radius 2 is 2.00 bits per heavy atom. The molecular weight excluding hydrogens is 310 g/mol. The van der Waals surface area contributed by atoms with E-state index < -0.39 is 5.54 Å². The summed E-state index contributed by atoms with van der Waals surface area (Å²) in [5, 5.41) is 10.5. The third-order valence-electron chi connectivity index (χ3n) is 4.78. The van der Waals surface area contributed by atoms with Gasteiger partial charge in [-0.1, -0.05) is 0 Å². The highest BCUT2D eigenvalue weighted by molar-refractivity contribution is 5.85. The maximum atomic E-state index is 12.8. The number of nitrogens with zero attached hydrogens (tertiary/aromatic N) is 3. The van der Waals surface area contributed by atoms with Crippen molar-refractivity contribution in [2.75, 3.05) is 45.9 Å². The topological polar surface area (TPSA) is 88.5 Å². The first-order valence-corrected chi connectivity index (χ1v) is 8.57. The van der Waals surface area contributed by atoms with E-state index in [1.54, 1.807) is 15.8 Å². The van der Waals surface area contributed by atoms with Gasteiger partial charge in [0.1, 0.15) is 5.54 Å². The van der Waals surface area contributed by atoms with E-state index in [9.17, 15) is 9.59 Å². The zero-order valence-corrected chi connectivity index (χ0v) is 13.9. The molecule has 0 bridgehead atoms. The number of nitrogens with one attached hydrogen (secondary N) is 2. The van der Waals surface area contributed by atoms with Crippen LogP contribution in [-0.4, -0.2) is 72.4 Å². The zero-order valence-electron chi connectivity index (χ0n) is 13.9. The zero-order chi connectivity index (χ0) is 16.8. The Morgan fingerprint density at radius 1 is 1.25 bits per heavy atom. The van der Waals surface area contributed by atoms with Gasteiger partial charge in [0.15, 0.2) is 0 Å². The molecule has 2 fully saturated rings. The van der Waals surface area contributed by atoms with Crippen LogP contribution < -0.4 is 10.6 Å². The van der Waals surface area contributed by atoms with Gasteiger partial charge in [-0.3, -0.25) is 14.3 Å². The molecule has 132 valence electrons. The van der Waals surface area contributed by atoms with E-state index in [0.717, 1.165) is 13.1 Å². The summed E-state index contributed by atoms with van der Waals surface area (Å²) in [5.74, 6) is 0.0135. The van der Waals surface area contributed by atoms with Crippen LogP contribution in [-0.2, 0) is 19.9 Å². The quantitative estimate of drug-likeness (QED) is 0.745. The molecule has 0 aliphatic carbocycles. The minimum Gasteiger partial charge on any atom is -0.378 e. The molecule has 0 spiro atoms. The highest BCUT2D eigenvalue weighted by Gasteiger charge is 2.41. The van der Waals surface area contributed by atoms with Gasteiger partial charge in [-0.15, -0.1) is 0 Å². The van der Waals surface area contributed by atoms with Gasteiger partial charge in [-0.25, -0.2) is 0 Å². The lowest BCUT2D eigenvalue weighted by molar-refractivity contribution is -0.135. The number of aromatic nitrogens is 2. The fourth-order valence-electron chi connectivity index (χ4n) is 3.34. The Kier molecular flexibility index (Phi) is 5.47. The molecule has 24 heavy (non-hydrogen) atoms. The molecule has 2 aliphatic rings. The second-order valence-corrected chi connectivity index (χ2v) is 6.23. The lowest BCUT2D eigenvalue weighted by atomic mass is 9.87. The maximum absolute atomic E-state index is 12.8. The van der Waals surface area contributed by atoms with Gasteiger partial charge in [-0.05, 0) is 32.0 Å². The average molecular weight is 335 g/mol. The van der Waals surface area contributed by atoms with E-state index in [1.165, 1.54) is 0 Å². The molecule has 1 aromatic heterocycles. The van der Waals surface area contributed by atoms with Crippen molar-refractivity contribution in [3.63, 3.8) is 0 Å². The molecule has 3 heterocycles. The number of hydrogen-bond donors (Lipinski definition) is 2. The Labute approximate surface area is 141 Å². The van der Waals surface area contributed by atoms with Crippen LogP contribution in [0.4, 0.5) is 0 Å². The van der Waals surface area contributed by atoms with Gasteiger partial charge >= 0.3 is 0 Å². The molecule has 8 heteroatoms. The van der Waals surface area contributed by atoms with E-state index in [0.29, 0.717) is 52.1 Å². The average Bonchev–Trinajstić information content (AvgIpc) is 3.18. The minimum atomic E-state index is -0.656. The molecule has 2 amide bonds. The summed E-state index contributed by atoms with van der Waals surface area (Å²) >= 11 is 0. The fraction of sp³-hybridized carbons (Fsp3) is 0.688. The third-order valence-corrected chi connectivity index (χ3v) is 4.78. The Bertz CT molecular complexity index is 548. The number of carbonyl (C=O) groups excluding carboxylic acids is 2. The smallest absolute Gasteiger partial charge is 0.248 e. The van der Waals surface area contributed by atoms with Crippen molar-refractivity contribution in [1.29, 1.82) is 0 Å². The predicted molar refractivity (Wildman–Crippen MR) is 87.3 cm³/mol. The van der Waals surface area contributed by atoms with Crippen molar-refractivity contribution < 1.29 is 14.3 Å². The summed E-state index contributed by atoms with van der Waals surface area (Å²) < 4.78 is 7.00. The molecule has 0 atom stereocenters. The molecule has 0 aromatic carbocycles. The summed E-state index contributed by atoms with van der Waals surface area (Å²) in [6.45, 7) is 4.36. The van der Waals surface area contributed by atoms with Crippen LogP contribution in [0.15, 0.2) is 18.5 Å².